The first-order valence-electron chi connectivity index (χ1n) is 2.96. The molecule has 11 heavy (non-hydrogen) atoms. The minimum Gasteiger partial charge on any atom is -0.230 e. The van der Waals surface area contributed by atoms with Gasteiger partial charge in [0.15, 0.2) is 25.9 Å². The molecule has 0 bridgehead atoms. The van der Waals surface area contributed by atoms with Crippen molar-refractivity contribution in [2.45, 2.75) is 6.92 Å². The van der Waals surface area contributed by atoms with Crippen LogP contribution in [0, 0.1) is 0 Å². The average Bonchev–Trinajstić information content (AvgIpc) is 2.36. The van der Waals surface area contributed by atoms with Crippen LogP contribution in [0.2, 0.25) is 0 Å². The van der Waals surface area contributed by atoms with Crippen LogP contribution in [-0.4, -0.2) is 23.4 Å². The molecule has 0 aliphatic carbocycles. The Morgan fingerprint density at radius 3 is 2.64 bits per heavy atom. The zero-order valence-corrected chi connectivity index (χ0v) is 7.48. The molecule has 62 valence electrons. The van der Waals surface area contributed by atoms with Gasteiger partial charge in [0.25, 0.3) is 0 Å². The van der Waals surface area contributed by atoms with Gasteiger partial charge in [0.2, 0.25) is 0 Å². The lowest BCUT2D eigenvalue weighted by Gasteiger charge is -1.93. The van der Waals surface area contributed by atoms with Crippen LogP contribution in [0.5, 0.6) is 0 Å². The van der Waals surface area contributed by atoms with Crippen molar-refractivity contribution < 1.29 is 12.6 Å². The fraction of sp³-hybridized carbons (Fsp3) is 0.400. The van der Waals surface area contributed by atoms with E-state index in [1.54, 1.807) is 0 Å². The number of sulfone groups is 1. The van der Waals surface area contributed by atoms with Crippen molar-refractivity contribution in [1.82, 2.24) is 0 Å². The van der Waals surface area contributed by atoms with Gasteiger partial charge in [-0.25, -0.2) is 12.6 Å². The third-order valence-corrected chi connectivity index (χ3v) is 3.69. The summed E-state index contributed by atoms with van der Waals surface area (Å²) in [6, 6.07) is 0. The summed E-state index contributed by atoms with van der Waals surface area (Å²) in [5.41, 5.74) is 0. The minimum absolute atomic E-state index is 0.00657. The molecule has 0 aromatic heterocycles. The number of rotatable bonds is 1. The second-order valence-corrected chi connectivity index (χ2v) is 5.14. The van der Waals surface area contributed by atoms with E-state index in [0.717, 1.165) is 0 Å². The largest absolute Gasteiger partial charge is 0.230 e. The first-order valence-corrected chi connectivity index (χ1v) is 5.79. The van der Waals surface area contributed by atoms with Gasteiger partial charge in [-0.15, -0.1) is 0 Å². The van der Waals surface area contributed by atoms with E-state index < -0.39 is 20.8 Å². The first kappa shape index (κ1) is 8.61. The molecule has 1 heterocycles. The van der Waals surface area contributed by atoms with E-state index in [9.17, 15) is 12.6 Å². The molecule has 0 aromatic carbocycles. The van der Waals surface area contributed by atoms with E-state index >= 15 is 0 Å². The third-order valence-electron chi connectivity index (χ3n) is 1.21. The van der Waals surface area contributed by atoms with E-state index in [2.05, 4.69) is 4.40 Å². The van der Waals surface area contributed by atoms with Gasteiger partial charge < -0.3 is 0 Å². The summed E-state index contributed by atoms with van der Waals surface area (Å²) < 4.78 is 36.1. The summed E-state index contributed by atoms with van der Waals surface area (Å²) in [4.78, 5) is 0. The highest BCUT2D eigenvalue weighted by Gasteiger charge is 2.18. The first-order chi connectivity index (χ1) is 5.06. The van der Waals surface area contributed by atoms with Gasteiger partial charge in [-0.1, -0.05) is 6.92 Å². The van der Waals surface area contributed by atoms with Crippen molar-refractivity contribution in [3.05, 3.63) is 11.5 Å². The predicted octanol–water partition coefficient (Wildman–Crippen LogP) is 0.0106. The monoisotopic (exact) mass is 193 g/mol. The van der Waals surface area contributed by atoms with Gasteiger partial charge in [0, 0.05) is 5.41 Å². The van der Waals surface area contributed by atoms with Crippen molar-refractivity contribution in [3.63, 3.8) is 0 Å². The van der Waals surface area contributed by atoms with Crippen LogP contribution in [0.15, 0.2) is 15.9 Å². The highest BCUT2D eigenvalue weighted by molar-refractivity contribution is 8.08. The molecule has 0 fully saturated rings. The van der Waals surface area contributed by atoms with E-state index in [-0.39, 0.29) is 10.8 Å². The molecule has 0 saturated heterocycles. The summed E-state index contributed by atoms with van der Waals surface area (Å²) >= 11 is 0. The Balaban J connectivity index is 3.05. The van der Waals surface area contributed by atoms with Crippen molar-refractivity contribution >= 4 is 25.9 Å². The van der Waals surface area contributed by atoms with E-state index in [1.165, 1.54) is 18.4 Å². The van der Waals surface area contributed by atoms with Gasteiger partial charge in [-0.05, 0) is 6.08 Å². The van der Waals surface area contributed by atoms with Crippen molar-refractivity contribution in [3.8, 4) is 0 Å². The smallest absolute Gasteiger partial charge is 0.196 e. The second kappa shape index (κ2) is 2.86. The molecular formula is C5H7NO3S2. The van der Waals surface area contributed by atoms with Gasteiger partial charge in [-0.2, -0.15) is 4.40 Å². The van der Waals surface area contributed by atoms with Gasteiger partial charge in [0.1, 0.15) is 0 Å². The molecule has 1 aliphatic rings. The molecule has 4 nitrogen and oxygen atoms in total. The quantitative estimate of drug-likeness (QED) is 0.589. The van der Waals surface area contributed by atoms with Crippen LogP contribution in [0.1, 0.15) is 6.92 Å². The molecular weight excluding hydrogens is 186 g/mol. The fourth-order valence-corrected chi connectivity index (χ4v) is 2.45. The summed E-state index contributed by atoms with van der Waals surface area (Å²) in [5, 5.41) is 1.18. The molecule has 0 saturated carbocycles. The van der Waals surface area contributed by atoms with Crippen molar-refractivity contribution in [1.29, 1.82) is 0 Å². The Morgan fingerprint density at radius 1 is 1.64 bits per heavy atom. The number of hydrogen-bond donors (Lipinski definition) is 0. The zero-order chi connectivity index (χ0) is 8.48. The Morgan fingerprint density at radius 2 is 2.27 bits per heavy atom. The molecule has 1 atom stereocenters. The molecule has 0 radical (unpaired) electrons. The molecule has 1 rings (SSSR count). The topological polar surface area (TPSA) is 63.6 Å². The molecule has 0 N–H and O–H groups in total. The fourth-order valence-electron chi connectivity index (χ4n) is 0.574. The van der Waals surface area contributed by atoms with Crippen molar-refractivity contribution in [2.75, 3.05) is 5.75 Å². The minimum atomic E-state index is -3.26. The Bertz CT molecular complexity index is 339. The van der Waals surface area contributed by atoms with Crippen LogP contribution >= 0.6 is 0 Å². The molecule has 6 heteroatoms. The maximum Gasteiger partial charge on any atom is 0.196 e. The standard InChI is InChI=1S/C5H7NO3S2/c1-2-11(8,9)5-3-4-10(7)6-5/h3-4H,2H2,1H3. The lowest BCUT2D eigenvalue weighted by Crippen LogP contribution is -2.13. The highest BCUT2D eigenvalue weighted by atomic mass is 32.2. The number of nitrogens with zero attached hydrogens (tertiary/aromatic N) is 1. The SMILES string of the molecule is CCS(=O)(=O)C1=NS(=O)C=C1. The maximum absolute atomic E-state index is 11.0. The average molecular weight is 193 g/mol. The Labute approximate surface area is 67.5 Å². The van der Waals surface area contributed by atoms with Crippen LogP contribution in [0.4, 0.5) is 0 Å². The summed E-state index contributed by atoms with van der Waals surface area (Å²) in [5.74, 6) is -0.00657. The predicted molar refractivity (Wildman–Crippen MR) is 44.2 cm³/mol. The van der Waals surface area contributed by atoms with E-state index in [0.29, 0.717) is 0 Å². The van der Waals surface area contributed by atoms with Crippen LogP contribution < -0.4 is 0 Å². The molecule has 0 aromatic rings. The molecule has 1 unspecified atom stereocenters. The van der Waals surface area contributed by atoms with E-state index in [4.69, 9.17) is 0 Å². The lowest BCUT2D eigenvalue weighted by molar-refractivity contribution is 0.608. The summed E-state index contributed by atoms with van der Waals surface area (Å²) in [6.45, 7) is 1.52. The second-order valence-electron chi connectivity index (χ2n) is 1.91. The van der Waals surface area contributed by atoms with Crippen LogP contribution in [0.25, 0.3) is 0 Å². The number of hydrogen-bond acceptors (Lipinski definition) is 3. The zero-order valence-electron chi connectivity index (χ0n) is 5.85. The normalized spacial score (nSPS) is 23.7. The Kier molecular flexibility index (Phi) is 2.24. The van der Waals surface area contributed by atoms with Gasteiger partial charge >= 0.3 is 0 Å². The summed E-state index contributed by atoms with van der Waals surface area (Å²) in [7, 11) is -4.73. The van der Waals surface area contributed by atoms with Crippen molar-refractivity contribution in [2.24, 2.45) is 4.40 Å². The maximum atomic E-state index is 11.0. The Hall–Kier alpha value is -0.490. The van der Waals surface area contributed by atoms with Crippen LogP contribution in [-0.2, 0) is 20.8 Å². The summed E-state index contributed by atoms with van der Waals surface area (Å²) in [6.07, 6.45) is 1.27. The lowest BCUT2D eigenvalue weighted by atomic mass is 10.7. The van der Waals surface area contributed by atoms with Gasteiger partial charge in [0.05, 0.1) is 5.75 Å². The van der Waals surface area contributed by atoms with E-state index in [1.807, 2.05) is 0 Å². The molecule has 1 aliphatic heterocycles. The third kappa shape index (κ3) is 1.75. The van der Waals surface area contributed by atoms with Gasteiger partial charge in [-0.3, -0.25) is 0 Å². The van der Waals surface area contributed by atoms with Crippen LogP contribution in [0.3, 0.4) is 0 Å². The highest BCUT2D eigenvalue weighted by Crippen LogP contribution is 2.06. The molecule has 0 spiro atoms. The molecule has 0 amide bonds.